The Hall–Kier alpha value is -1.37. The zero-order chi connectivity index (χ0) is 13.4. The highest BCUT2D eigenvalue weighted by Gasteiger charge is 2.34. The van der Waals surface area contributed by atoms with Crippen LogP contribution in [0, 0.1) is 6.92 Å². The molecule has 0 unspecified atom stereocenters. The van der Waals surface area contributed by atoms with Gasteiger partial charge in [0.2, 0.25) is 0 Å². The van der Waals surface area contributed by atoms with Crippen molar-refractivity contribution in [2.75, 3.05) is 13.6 Å². The van der Waals surface area contributed by atoms with E-state index < -0.39 is 0 Å². The number of carbonyl (C=O) groups excluding carboxylic acids is 2. The van der Waals surface area contributed by atoms with Gasteiger partial charge < -0.3 is 4.90 Å². The maximum atomic E-state index is 11.8. The average molecular weight is 315 g/mol. The molecule has 0 aliphatic carbocycles. The van der Waals surface area contributed by atoms with Crippen LogP contribution in [0.4, 0.5) is 4.79 Å². The number of nitrogens with zero attached hydrogens (tertiary/aromatic N) is 4. The summed E-state index contributed by atoms with van der Waals surface area (Å²) in [6.07, 6.45) is 0. The third kappa shape index (κ3) is 2.03. The SMILES string of the molecule is CCn1nc(C)c(Br)c1CN1C(=O)CN(C)C1=O. The fraction of sp³-hybridized carbons (Fsp3) is 0.545. The molecule has 0 spiro atoms. The van der Waals surface area contributed by atoms with Crippen LogP contribution < -0.4 is 0 Å². The summed E-state index contributed by atoms with van der Waals surface area (Å²) in [5.41, 5.74) is 1.71. The fourth-order valence-corrected chi connectivity index (χ4v) is 2.40. The Morgan fingerprint density at radius 3 is 2.56 bits per heavy atom. The number of imide groups is 1. The molecular weight excluding hydrogens is 300 g/mol. The highest BCUT2D eigenvalue weighted by molar-refractivity contribution is 9.10. The fourth-order valence-electron chi connectivity index (χ4n) is 1.99. The molecule has 1 aromatic rings. The number of aromatic nitrogens is 2. The normalized spacial score (nSPS) is 16.0. The van der Waals surface area contributed by atoms with Gasteiger partial charge in [-0.1, -0.05) is 0 Å². The molecule has 2 heterocycles. The largest absolute Gasteiger partial charge is 0.327 e. The zero-order valence-electron chi connectivity index (χ0n) is 10.6. The van der Waals surface area contributed by atoms with Crippen molar-refractivity contribution in [3.05, 3.63) is 15.9 Å². The molecule has 3 amide bonds. The van der Waals surface area contributed by atoms with E-state index in [1.807, 2.05) is 13.8 Å². The van der Waals surface area contributed by atoms with Gasteiger partial charge in [-0.25, -0.2) is 4.79 Å². The van der Waals surface area contributed by atoms with E-state index in [1.54, 1.807) is 11.7 Å². The third-order valence-corrected chi connectivity index (χ3v) is 4.02. The van der Waals surface area contributed by atoms with Crippen molar-refractivity contribution in [1.82, 2.24) is 19.6 Å². The molecule has 0 radical (unpaired) electrons. The molecule has 1 aliphatic heterocycles. The summed E-state index contributed by atoms with van der Waals surface area (Å²) in [5, 5.41) is 4.35. The van der Waals surface area contributed by atoms with Crippen molar-refractivity contribution in [1.29, 1.82) is 0 Å². The van der Waals surface area contributed by atoms with Gasteiger partial charge in [0.1, 0.15) is 6.54 Å². The maximum absolute atomic E-state index is 11.8. The second-order valence-corrected chi connectivity index (χ2v) is 5.07. The minimum atomic E-state index is -0.256. The molecule has 1 saturated heterocycles. The van der Waals surface area contributed by atoms with Gasteiger partial charge in [0.25, 0.3) is 5.91 Å². The number of carbonyl (C=O) groups is 2. The first-order chi connectivity index (χ1) is 8.45. The second kappa shape index (κ2) is 4.72. The van der Waals surface area contributed by atoms with Crippen LogP contribution in [0.1, 0.15) is 18.3 Å². The number of aryl methyl sites for hydroxylation is 2. The van der Waals surface area contributed by atoms with Crippen molar-refractivity contribution in [2.45, 2.75) is 26.9 Å². The smallest absolute Gasteiger partial charge is 0.318 e. The summed E-state index contributed by atoms with van der Waals surface area (Å²) < 4.78 is 2.66. The maximum Gasteiger partial charge on any atom is 0.327 e. The summed E-state index contributed by atoms with van der Waals surface area (Å²) >= 11 is 3.46. The summed E-state index contributed by atoms with van der Waals surface area (Å²) in [6.45, 7) is 4.97. The van der Waals surface area contributed by atoms with E-state index in [-0.39, 0.29) is 25.0 Å². The van der Waals surface area contributed by atoms with Gasteiger partial charge in [-0.2, -0.15) is 5.10 Å². The van der Waals surface area contributed by atoms with Crippen LogP contribution in [0.3, 0.4) is 0 Å². The molecule has 1 aliphatic rings. The molecule has 7 heteroatoms. The van der Waals surface area contributed by atoms with Gasteiger partial charge in [0, 0.05) is 13.6 Å². The number of amides is 3. The summed E-state index contributed by atoms with van der Waals surface area (Å²) in [4.78, 5) is 26.2. The number of hydrogen-bond acceptors (Lipinski definition) is 3. The van der Waals surface area contributed by atoms with E-state index in [2.05, 4.69) is 21.0 Å². The lowest BCUT2D eigenvalue weighted by Crippen LogP contribution is -2.32. The summed E-state index contributed by atoms with van der Waals surface area (Å²) in [6, 6.07) is -0.256. The van der Waals surface area contributed by atoms with Crippen molar-refractivity contribution < 1.29 is 9.59 Å². The number of rotatable bonds is 3. The van der Waals surface area contributed by atoms with Crippen LogP contribution in [-0.4, -0.2) is 45.1 Å². The topological polar surface area (TPSA) is 58.4 Å². The van der Waals surface area contributed by atoms with Crippen LogP contribution in [0.25, 0.3) is 0 Å². The Morgan fingerprint density at radius 2 is 2.06 bits per heavy atom. The van der Waals surface area contributed by atoms with Gasteiger partial charge in [-0.05, 0) is 29.8 Å². The van der Waals surface area contributed by atoms with Crippen molar-refractivity contribution >= 4 is 27.9 Å². The standard InChI is InChI=1S/C11H15BrN4O2/c1-4-16-8(10(12)7(2)13-16)5-15-9(17)6-14(3)11(15)18/h4-6H2,1-3H3. The van der Waals surface area contributed by atoms with Crippen molar-refractivity contribution in [3.8, 4) is 0 Å². The minimum Gasteiger partial charge on any atom is -0.318 e. The first kappa shape index (κ1) is 13.1. The molecule has 0 aromatic carbocycles. The van der Waals surface area contributed by atoms with E-state index in [0.29, 0.717) is 6.54 Å². The Kier molecular flexibility index (Phi) is 3.43. The highest BCUT2D eigenvalue weighted by atomic mass is 79.9. The lowest BCUT2D eigenvalue weighted by molar-refractivity contribution is -0.125. The minimum absolute atomic E-state index is 0.149. The Morgan fingerprint density at radius 1 is 1.39 bits per heavy atom. The molecule has 0 N–H and O–H groups in total. The van der Waals surface area contributed by atoms with Gasteiger partial charge in [0.15, 0.2) is 0 Å². The second-order valence-electron chi connectivity index (χ2n) is 4.28. The molecule has 2 rings (SSSR count). The van der Waals surface area contributed by atoms with Gasteiger partial charge in [-0.3, -0.25) is 14.4 Å². The number of likely N-dealkylation sites (N-methyl/N-ethyl adjacent to an activating group) is 1. The van der Waals surface area contributed by atoms with E-state index >= 15 is 0 Å². The average Bonchev–Trinajstić information content (AvgIpc) is 2.73. The predicted molar refractivity (Wildman–Crippen MR) is 68.9 cm³/mol. The third-order valence-electron chi connectivity index (χ3n) is 2.99. The van der Waals surface area contributed by atoms with Crippen molar-refractivity contribution in [3.63, 3.8) is 0 Å². The zero-order valence-corrected chi connectivity index (χ0v) is 12.2. The number of hydrogen-bond donors (Lipinski definition) is 0. The molecule has 0 atom stereocenters. The van der Waals surface area contributed by atoms with Crippen LogP contribution >= 0.6 is 15.9 Å². The molecule has 0 bridgehead atoms. The van der Waals surface area contributed by atoms with Gasteiger partial charge in [-0.15, -0.1) is 0 Å². The number of halogens is 1. The van der Waals surface area contributed by atoms with Crippen LogP contribution in [0.2, 0.25) is 0 Å². The monoisotopic (exact) mass is 314 g/mol. The Balaban J connectivity index is 2.29. The molecule has 18 heavy (non-hydrogen) atoms. The Bertz CT molecular complexity index is 511. The van der Waals surface area contributed by atoms with E-state index in [9.17, 15) is 9.59 Å². The molecule has 0 saturated carbocycles. The molecule has 6 nitrogen and oxygen atoms in total. The van der Waals surface area contributed by atoms with Gasteiger partial charge >= 0.3 is 6.03 Å². The van der Waals surface area contributed by atoms with Crippen LogP contribution in [-0.2, 0) is 17.9 Å². The molecule has 1 aromatic heterocycles. The first-order valence-electron chi connectivity index (χ1n) is 5.73. The van der Waals surface area contributed by atoms with E-state index in [4.69, 9.17) is 0 Å². The van der Waals surface area contributed by atoms with E-state index in [1.165, 1.54) is 9.80 Å². The quantitative estimate of drug-likeness (QED) is 0.792. The van der Waals surface area contributed by atoms with Crippen LogP contribution in [0.5, 0.6) is 0 Å². The first-order valence-corrected chi connectivity index (χ1v) is 6.52. The van der Waals surface area contributed by atoms with Crippen molar-refractivity contribution in [2.24, 2.45) is 0 Å². The predicted octanol–water partition coefficient (Wildman–Crippen LogP) is 1.37. The highest BCUT2D eigenvalue weighted by Crippen LogP contribution is 2.24. The molecule has 1 fully saturated rings. The lowest BCUT2D eigenvalue weighted by atomic mass is 10.3. The van der Waals surface area contributed by atoms with Gasteiger partial charge in [0.05, 0.1) is 22.4 Å². The molecular formula is C11H15BrN4O2. The Labute approximate surface area is 114 Å². The van der Waals surface area contributed by atoms with E-state index in [0.717, 1.165) is 15.9 Å². The lowest BCUT2D eigenvalue weighted by Gasteiger charge is -2.15. The van der Waals surface area contributed by atoms with Crippen LogP contribution in [0.15, 0.2) is 4.47 Å². The number of urea groups is 1. The molecule has 98 valence electrons. The summed E-state index contributed by atoms with van der Waals surface area (Å²) in [5.74, 6) is -0.170. The summed E-state index contributed by atoms with van der Waals surface area (Å²) in [7, 11) is 1.62.